The normalized spacial score (nSPS) is 14.9. The lowest BCUT2D eigenvalue weighted by Crippen LogP contribution is -2.20. The van der Waals surface area contributed by atoms with Crippen molar-refractivity contribution in [2.45, 2.75) is 0 Å². The van der Waals surface area contributed by atoms with E-state index in [2.05, 4.69) is 20.8 Å². The molecule has 0 saturated carbocycles. The molecule has 2 heterocycles. The molecule has 11 heavy (non-hydrogen) atoms. The van der Waals surface area contributed by atoms with Crippen molar-refractivity contribution in [3.8, 4) is 0 Å². The van der Waals surface area contributed by atoms with Gasteiger partial charge in [0.05, 0.1) is 17.6 Å². The number of anilines is 1. The van der Waals surface area contributed by atoms with Crippen LogP contribution in [0.2, 0.25) is 0 Å². The van der Waals surface area contributed by atoms with Crippen molar-refractivity contribution in [1.29, 1.82) is 0 Å². The van der Waals surface area contributed by atoms with Gasteiger partial charge in [-0.1, -0.05) is 6.08 Å². The third-order valence-corrected chi connectivity index (χ3v) is 1.46. The van der Waals surface area contributed by atoms with Gasteiger partial charge in [-0.15, -0.1) is 0 Å². The lowest BCUT2D eigenvalue weighted by molar-refractivity contribution is 0.898. The molecule has 4 nitrogen and oxygen atoms in total. The van der Waals surface area contributed by atoms with Crippen molar-refractivity contribution in [3.63, 3.8) is 0 Å². The Balaban J connectivity index is 2.45. The van der Waals surface area contributed by atoms with Gasteiger partial charge in [0.25, 0.3) is 0 Å². The largest absolute Gasteiger partial charge is 0.318 e. The van der Waals surface area contributed by atoms with E-state index >= 15 is 0 Å². The van der Waals surface area contributed by atoms with Crippen LogP contribution < -0.4 is 10.9 Å². The summed E-state index contributed by atoms with van der Waals surface area (Å²) in [6.07, 6.45) is 7.25. The minimum Gasteiger partial charge on any atom is -0.318 e. The van der Waals surface area contributed by atoms with Crippen LogP contribution in [0.3, 0.4) is 0 Å². The summed E-state index contributed by atoms with van der Waals surface area (Å²) in [6, 6.07) is 0. The number of hydrogen-bond donors (Lipinski definition) is 2. The zero-order chi connectivity index (χ0) is 7.52. The van der Waals surface area contributed by atoms with Crippen LogP contribution in [-0.2, 0) is 0 Å². The van der Waals surface area contributed by atoms with E-state index in [1.165, 1.54) is 6.33 Å². The standard InChI is InChI=1S/C7H8N4/c1-2-6-7(11-10-3-1)4-8-5-9-6/h1-2,4-5,10-11H,3H2. The molecular formula is C7H8N4. The second-order valence-electron chi connectivity index (χ2n) is 2.23. The molecule has 0 fully saturated rings. The zero-order valence-corrected chi connectivity index (χ0v) is 5.91. The van der Waals surface area contributed by atoms with Crippen LogP contribution in [0.5, 0.6) is 0 Å². The van der Waals surface area contributed by atoms with E-state index in [9.17, 15) is 0 Å². The van der Waals surface area contributed by atoms with Crippen LogP contribution in [-0.4, -0.2) is 16.5 Å². The summed E-state index contributed by atoms with van der Waals surface area (Å²) in [5.74, 6) is 0. The number of fused-ring (bicyclic) bond motifs is 1. The van der Waals surface area contributed by atoms with E-state index in [0.717, 1.165) is 17.9 Å². The Labute approximate surface area is 64.3 Å². The molecule has 0 saturated heterocycles. The van der Waals surface area contributed by atoms with Crippen molar-refractivity contribution < 1.29 is 0 Å². The zero-order valence-electron chi connectivity index (χ0n) is 5.91. The highest BCUT2D eigenvalue weighted by molar-refractivity contribution is 5.62. The van der Waals surface area contributed by atoms with E-state index in [-0.39, 0.29) is 0 Å². The maximum Gasteiger partial charge on any atom is 0.116 e. The van der Waals surface area contributed by atoms with Crippen LogP contribution >= 0.6 is 0 Å². The summed E-state index contributed by atoms with van der Waals surface area (Å²) >= 11 is 0. The van der Waals surface area contributed by atoms with E-state index in [1.807, 2.05) is 12.2 Å². The fraction of sp³-hybridized carbons (Fsp3) is 0.143. The topological polar surface area (TPSA) is 49.8 Å². The van der Waals surface area contributed by atoms with Gasteiger partial charge in [0, 0.05) is 6.54 Å². The molecular weight excluding hydrogens is 140 g/mol. The molecule has 2 rings (SSSR count). The fourth-order valence-electron chi connectivity index (χ4n) is 0.944. The molecule has 56 valence electrons. The predicted octanol–water partition coefficient (Wildman–Crippen LogP) is 0.420. The van der Waals surface area contributed by atoms with E-state index < -0.39 is 0 Å². The van der Waals surface area contributed by atoms with Crippen molar-refractivity contribution in [1.82, 2.24) is 15.4 Å². The Bertz CT molecular complexity index is 282. The molecule has 0 bridgehead atoms. The summed E-state index contributed by atoms with van der Waals surface area (Å²) in [6.45, 7) is 0.802. The van der Waals surface area contributed by atoms with E-state index in [0.29, 0.717) is 0 Å². The Morgan fingerprint density at radius 3 is 3.45 bits per heavy atom. The number of rotatable bonds is 0. The molecule has 0 unspecified atom stereocenters. The molecule has 0 amide bonds. The van der Waals surface area contributed by atoms with Gasteiger partial charge in [-0.3, -0.25) is 0 Å². The molecule has 0 radical (unpaired) electrons. The number of hydrazine groups is 1. The van der Waals surface area contributed by atoms with Crippen LogP contribution in [0.1, 0.15) is 5.69 Å². The first-order valence-electron chi connectivity index (χ1n) is 3.42. The summed E-state index contributed by atoms with van der Waals surface area (Å²) < 4.78 is 0. The average molecular weight is 148 g/mol. The number of hydrogen-bond acceptors (Lipinski definition) is 4. The Hall–Kier alpha value is -1.42. The van der Waals surface area contributed by atoms with E-state index in [4.69, 9.17) is 0 Å². The van der Waals surface area contributed by atoms with Gasteiger partial charge in [0.1, 0.15) is 6.33 Å². The van der Waals surface area contributed by atoms with Gasteiger partial charge in [-0.25, -0.2) is 15.4 Å². The Kier molecular flexibility index (Phi) is 1.53. The van der Waals surface area contributed by atoms with Crippen molar-refractivity contribution >= 4 is 11.8 Å². The van der Waals surface area contributed by atoms with Crippen molar-refractivity contribution in [3.05, 3.63) is 24.3 Å². The smallest absolute Gasteiger partial charge is 0.116 e. The van der Waals surface area contributed by atoms with Gasteiger partial charge in [-0.2, -0.15) is 0 Å². The average Bonchev–Trinajstić information content (AvgIpc) is 2.28. The predicted molar refractivity (Wildman–Crippen MR) is 42.7 cm³/mol. The first-order chi connectivity index (χ1) is 5.47. The quantitative estimate of drug-likeness (QED) is 0.560. The SMILES string of the molecule is C1=Cc2ncncc2NNC1. The van der Waals surface area contributed by atoms with Gasteiger partial charge < -0.3 is 5.43 Å². The molecule has 1 aromatic rings. The number of aromatic nitrogens is 2. The molecule has 4 heteroatoms. The molecule has 1 aliphatic heterocycles. The molecule has 1 aliphatic rings. The molecule has 0 aliphatic carbocycles. The van der Waals surface area contributed by atoms with Crippen LogP contribution in [0, 0.1) is 0 Å². The maximum absolute atomic E-state index is 4.08. The first kappa shape index (κ1) is 6.30. The minimum absolute atomic E-state index is 0.802. The molecule has 0 atom stereocenters. The Morgan fingerprint density at radius 1 is 1.45 bits per heavy atom. The summed E-state index contributed by atoms with van der Waals surface area (Å²) in [7, 11) is 0. The van der Waals surface area contributed by atoms with Gasteiger partial charge in [0.2, 0.25) is 0 Å². The van der Waals surface area contributed by atoms with Crippen LogP contribution in [0.4, 0.5) is 5.69 Å². The van der Waals surface area contributed by atoms with Gasteiger partial charge in [-0.05, 0) is 6.08 Å². The summed E-state index contributed by atoms with van der Waals surface area (Å²) in [5.41, 5.74) is 7.81. The lowest BCUT2D eigenvalue weighted by Gasteiger charge is -2.03. The number of nitrogens with zero attached hydrogens (tertiary/aromatic N) is 2. The monoisotopic (exact) mass is 148 g/mol. The second kappa shape index (κ2) is 2.67. The van der Waals surface area contributed by atoms with E-state index in [1.54, 1.807) is 6.20 Å². The second-order valence-corrected chi connectivity index (χ2v) is 2.23. The minimum atomic E-state index is 0.802. The highest BCUT2D eigenvalue weighted by atomic mass is 15.4. The number of nitrogens with one attached hydrogen (secondary N) is 2. The maximum atomic E-state index is 4.08. The summed E-state index contributed by atoms with van der Waals surface area (Å²) in [4.78, 5) is 7.97. The molecule has 0 spiro atoms. The van der Waals surface area contributed by atoms with Gasteiger partial charge >= 0.3 is 0 Å². The molecule has 1 aromatic heterocycles. The van der Waals surface area contributed by atoms with Gasteiger partial charge in [0.15, 0.2) is 0 Å². The Morgan fingerprint density at radius 2 is 2.45 bits per heavy atom. The first-order valence-corrected chi connectivity index (χ1v) is 3.42. The third-order valence-electron chi connectivity index (χ3n) is 1.46. The molecule has 0 aromatic carbocycles. The van der Waals surface area contributed by atoms with Crippen LogP contribution in [0.15, 0.2) is 18.6 Å². The van der Waals surface area contributed by atoms with Crippen molar-refractivity contribution in [2.24, 2.45) is 0 Å². The summed E-state index contributed by atoms with van der Waals surface area (Å²) in [5, 5.41) is 0. The van der Waals surface area contributed by atoms with Crippen molar-refractivity contribution in [2.75, 3.05) is 12.0 Å². The molecule has 2 N–H and O–H groups in total. The highest BCUT2D eigenvalue weighted by Crippen LogP contribution is 2.11. The van der Waals surface area contributed by atoms with Crippen LogP contribution in [0.25, 0.3) is 6.08 Å². The fourth-order valence-corrected chi connectivity index (χ4v) is 0.944. The lowest BCUT2D eigenvalue weighted by atomic mass is 10.3. The highest BCUT2D eigenvalue weighted by Gasteiger charge is 2.00. The third kappa shape index (κ3) is 1.20.